The largest absolute Gasteiger partial charge is 0.0864 e. The quantitative estimate of drug-likeness (QED) is 0.271. The van der Waals surface area contributed by atoms with E-state index < -0.39 is 24.6 Å². The van der Waals surface area contributed by atoms with Crippen LogP contribution in [0.15, 0.2) is 0 Å². The van der Waals surface area contributed by atoms with E-state index in [2.05, 4.69) is 9.22 Å². The van der Waals surface area contributed by atoms with Gasteiger partial charge in [0.25, 0.3) is 0 Å². The zero-order valence-electron chi connectivity index (χ0n) is 14.0. The van der Waals surface area contributed by atoms with Crippen molar-refractivity contribution < 1.29 is 0 Å². The fraction of sp³-hybridized carbons (Fsp3) is 0. The number of hydrogen-bond acceptors (Lipinski definition) is 0. The highest BCUT2D eigenvalue weighted by Crippen LogP contribution is 2.72. The Labute approximate surface area is 155 Å². The van der Waals surface area contributed by atoms with Gasteiger partial charge in [-0.1, -0.05) is 0 Å². The molecule has 0 bridgehead atoms. The predicted octanol–water partition coefficient (Wildman–Crippen LogP) is 6.25. The summed E-state index contributed by atoms with van der Waals surface area (Å²) in [5.74, 6) is 0. The van der Waals surface area contributed by atoms with Gasteiger partial charge in [-0.05, 0) is 131 Å². The van der Waals surface area contributed by atoms with Gasteiger partial charge in [-0.2, -0.15) is 0 Å². The molecule has 0 aliphatic heterocycles. The van der Waals surface area contributed by atoms with E-state index in [1.54, 1.807) is 64.6 Å². The van der Waals surface area contributed by atoms with E-state index >= 15 is 0 Å². The smallest absolute Gasteiger partial charge is 0.0437 e. The third-order valence-electron chi connectivity index (χ3n) is 10.5. The first-order valence-corrected chi connectivity index (χ1v) is 15.0. The zero-order chi connectivity index (χ0) is 16.2. The van der Waals surface area contributed by atoms with Gasteiger partial charge < -0.3 is 0 Å². The van der Waals surface area contributed by atoms with Crippen molar-refractivity contribution in [2.24, 2.45) is 0 Å². The summed E-state index contributed by atoms with van der Waals surface area (Å²) in [5.41, 5.74) is 0. The molecule has 3 heteroatoms. The third kappa shape index (κ3) is 0.429. The summed E-state index contributed by atoms with van der Waals surface area (Å²) in [4.78, 5) is 9.82. The summed E-state index contributed by atoms with van der Waals surface area (Å²) in [5, 5.41) is 32.2. The predicted molar refractivity (Wildman–Crippen MR) is 126 cm³/mol. The number of rotatable bonds is 0. The summed E-state index contributed by atoms with van der Waals surface area (Å²) in [7, 11) is -1.74. The molecule has 0 nitrogen and oxygen atoms in total. The molecule has 0 amide bonds. The van der Waals surface area contributed by atoms with Gasteiger partial charge in [0.05, 0.1) is 24.6 Å². The van der Waals surface area contributed by atoms with Gasteiger partial charge in [0.15, 0.2) is 0 Å². The standard InChI is InChI=1S/C25Si3/c1-2-5-9-8-4(1)11-10-3(1)7-6(2)15-12(5)20-14(9)17-13(8)19(11)27-23(17)25-26(20)21(15)22-16(7)18(10)24(27)28(22)25. The SMILES string of the molecule is c12c3c4c5c6c1c1c7c2c2c3c3c4c4c5c5c6c1[si]1c5c5[si]4c3c3c2c7c1[si]35. The van der Waals surface area contributed by atoms with E-state index in [1.807, 2.05) is 57.3 Å². The molecule has 5 aromatic heterocycles. The van der Waals surface area contributed by atoms with Gasteiger partial charge in [-0.25, -0.2) is 0 Å². The molecule has 0 N–H and O–H groups in total. The summed E-state index contributed by atoms with van der Waals surface area (Å²) in [6, 6.07) is 0. The van der Waals surface area contributed by atoms with Crippen LogP contribution in [0, 0.1) is 0 Å². The molecule has 7 aromatic carbocycles. The fourth-order valence-corrected chi connectivity index (χ4v) is 26.6. The highest BCUT2D eigenvalue weighted by molar-refractivity contribution is 7.21. The Morgan fingerprint density at radius 2 is 0.571 bits per heavy atom. The highest BCUT2D eigenvalue weighted by Gasteiger charge is 2.47. The van der Waals surface area contributed by atoms with Crippen LogP contribution in [0.4, 0.5) is 0 Å². The molecule has 28 heavy (non-hydrogen) atoms. The molecule has 112 valence electrons. The van der Waals surface area contributed by atoms with Crippen molar-refractivity contribution in [3.05, 3.63) is 0 Å². The maximum atomic E-state index is 2.12. The summed E-state index contributed by atoms with van der Waals surface area (Å²) >= 11 is 0. The molecule has 0 atom stereocenters. The first-order chi connectivity index (χ1) is 14.0. The van der Waals surface area contributed by atoms with E-state index in [0.717, 1.165) is 0 Å². The van der Waals surface area contributed by atoms with Crippen LogP contribution in [0.2, 0.25) is 0 Å². The van der Waals surface area contributed by atoms with Crippen LogP contribution in [-0.2, 0) is 0 Å². The van der Waals surface area contributed by atoms with Crippen LogP contribution in [-0.4, -0.2) is 24.6 Å². The van der Waals surface area contributed by atoms with Crippen LogP contribution in [0.25, 0.3) is 131 Å². The van der Waals surface area contributed by atoms with Crippen molar-refractivity contribution in [2.75, 3.05) is 0 Å². The Morgan fingerprint density at radius 3 is 1.21 bits per heavy atom. The normalized spacial score (nSPS) is 18.0. The minimum atomic E-state index is -0.600. The van der Waals surface area contributed by atoms with Crippen LogP contribution in [0.1, 0.15) is 0 Å². The van der Waals surface area contributed by atoms with Gasteiger partial charge in [-0.15, -0.1) is 0 Å². The molecule has 0 spiro atoms. The lowest BCUT2D eigenvalue weighted by Crippen LogP contribution is -1.87. The lowest BCUT2D eigenvalue weighted by Gasteiger charge is -1.98. The minimum absolute atomic E-state index is 0.538. The Hall–Kier alpha value is -2.60. The van der Waals surface area contributed by atoms with E-state index in [1.165, 1.54) is 0 Å². The van der Waals surface area contributed by atoms with E-state index in [9.17, 15) is 0 Å². The van der Waals surface area contributed by atoms with Crippen molar-refractivity contribution in [1.29, 1.82) is 0 Å². The van der Waals surface area contributed by atoms with Gasteiger partial charge in [-0.3, -0.25) is 0 Å². The van der Waals surface area contributed by atoms with Crippen molar-refractivity contribution in [3.8, 4) is 0 Å². The third-order valence-corrected chi connectivity index (χ3v) is 22.2. The number of benzene rings is 2. The summed E-state index contributed by atoms with van der Waals surface area (Å²) < 4.78 is 4.20. The van der Waals surface area contributed by atoms with Gasteiger partial charge in [0, 0.05) is 0 Å². The van der Waals surface area contributed by atoms with Gasteiger partial charge in [0.2, 0.25) is 0 Å². The van der Waals surface area contributed by atoms with E-state index in [0.29, 0.717) is 0 Å². The van der Waals surface area contributed by atoms with E-state index in [4.69, 9.17) is 0 Å². The van der Waals surface area contributed by atoms with E-state index in [-0.39, 0.29) is 0 Å². The fourth-order valence-electron chi connectivity index (χ4n) is 10.5. The Kier molecular flexibility index (Phi) is 0.702. The molecule has 5 heterocycles. The summed E-state index contributed by atoms with van der Waals surface area (Å²) in [6.45, 7) is 0. The van der Waals surface area contributed by atoms with Crippen molar-refractivity contribution >= 4 is 156 Å². The average Bonchev–Trinajstić information content (AvgIpc) is 3.51. The monoisotopic (exact) mass is 384 g/mol. The molecule has 0 saturated heterocycles. The molecule has 0 fully saturated rings. The van der Waals surface area contributed by atoms with Crippen molar-refractivity contribution in [2.45, 2.75) is 0 Å². The minimum Gasteiger partial charge on any atom is -0.0437 e. The number of fused-ring (bicyclic) bond motifs is 30. The number of hydrogen-bond donors (Lipinski definition) is 0. The topological polar surface area (TPSA) is 0 Å². The molecule has 0 radical (unpaired) electrons. The van der Waals surface area contributed by atoms with Crippen molar-refractivity contribution in [1.82, 2.24) is 0 Å². The lowest BCUT2D eigenvalue weighted by molar-refractivity contribution is 2.38. The second kappa shape index (κ2) is 2.02. The maximum absolute atomic E-state index is 2.12. The lowest BCUT2D eigenvalue weighted by atomic mass is 10.0. The van der Waals surface area contributed by atoms with Crippen LogP contribution < -0.4 is 0 Å². The summed E-state index contributed by atoms with van der Waals surface area (Å²) in [6.07, 6.45) is 0. The molecule has 12 rings (SSSR count). The van der Waals surface area contributed by atoms with Gasteiger partial charge in [0.1, 0.15) is 0 Å². The highest BCUT2D eigenvalue weighted by atomic mass is 28.3. The second-order valence-electron chi connectivity index (χ2n) is 10.5. The van der Waals surface area contributed by atoms with Crippen LogP contribution in [0.5, 0.6) is 0 Å². The molecule has 0 aliphatic rings. The van der Waals surface area contributed by atoms with Crippen LogP contribution >= 0.6 is 0 Å². The van der Waals surface area contributed by atoms with Crippen molar-refractivity contribution in [3.63, 3.8) is 0 Å². The molecular formula is C25Si3. The zero-order valence-corrected chi connectivity index (χ0v) is 17.0. The molecule has 0 unspecified atom stereocenters. The molecule has 0 saturated carbocycles. The van der Waals surface area contributed by atoms with Gasteiger partial charge >= 0.3 is 0 Å². The Balaban J connectivity index is 1.94. The average molecular weight is 385 g/mol. The van der Waals surface area contributed by atoms with Crippen LogP contribution in [0.3, 0.4) is 0 Å². The Morgan fingerprint density at radius 1 is 0.214 bits per heavy atom. The second-order valence-corrected chi connectivity index (χ2v) is 18.2. The molecule has 12 aromatic rings. The first kappa shape index (κ1) is 9.74. The molecular weight excluding hydrogens is 385 g/mol. The maximum Gasteiger partial charge on any atom is 0.0864 e. The Bertz CT molecular complexity index is 2110. The molecule has 0 aliphatic carbocycles. The first-order valence-electron chi connectivity index (χ1n) is 10.5.